The fourth-order valence-corrected chi connectivity index (χ4v) is 6.16. The van der Waals surface area contributed by atoms with Crippen LogP contribution in [0, 0.1) is 5.92 Å². The minimum atomic E-state index is -0.919. The number of nitrogens with one attached hydrogen (secondary N) is 1. The number of aryl methyl sites for hydroxylation is 2. The predicted octanol–water partition coefficient (Wildman–Crippen LogP) is 5.14. The van der Waals surface area contributed by atoms with Gasteiger partial charge in [0, 0.05) is 25.3 Å². The Morgan fingerprint density at radius 3 is 2.80 bits per heavy atom. The van der Waals surface area contributed by atoms with E-state index in [0.29, 0.717) is 24.9 Å². The van der Waals surface area contributed by atoms with E-state index >= 15 is 0 Å². The van der Waals surface area contributed by atoms with Crippen molar-refractivity contribution in [2.24, 2.45) is 5.92 Å². The summed E-state index contributed by atoms with van der Waals surface area (Å²) in [5.41, 5.74) is 4.53. The van der Waals surface area contributed by atoms with Gasteiger partial charge in [0.25, 0.3) is 0 Å². The summed E-state index contributed by atoms with van der Waals surface area (Å²) in [5.74, 6) is 0.445. The van der Waals surface area contributed by atoms with Gasteiger partial charge in [0.05, 0.1) is 12.3 Å². The maximum Gasteiger partial charge on any atom is 0.304 e. The Balaban J connectivity index is 1.22. The minimum Gasteiger partial charge on any atom is -0.481 e. The number of rotatable bonds is 8. The lowest BCUT2D eigenvalue weighted by molar-refractivity contribution is -0.141. The lowest BCUT2D eigenvalue weighted by Crippen LogP contribution is -2.34. The van der Waals surface area contributed by atoms with Gasteiger partial charge in [-0.15, -0.1) is 0 Å². The number of aromatic nitrogens is 1. The number of carboxylic acids is 1. The molecule has 6 heteroatoms. The molecular weight excluding hydrogens is 438 g/mol. The maximum atomic E-state index is 13.5. The maximum absolute atomic E-state index is 13.5. The molecule has 3 aliphatic rings. The highest BCUT2D eigenvalue weighted by molar-refractivity contribution is 5.88. The second-order valence-corrected chi connectivity index (χ2v) is 10.6. The molecule has 0 bridgehead atoms. The summed E-state index contributed by atoms with van der Waals surface area (Å²) in [6, 6.07) is 12.5. The number of hydrogen-bond donors (Lipinski definition) is 2. The van der Waals surface area contributed by atoms with Crippen LogP contribution < -0.4 is 5.32 Å². The largest absolute Gasteiger partial charge is 0.481 e. The SMILES string of the molecule is O=C(O)C[C@H](C(=O)N1CC[C@@H](CCc2ccc3c(n2)NCCC3)C1)c1cccc(C2CCCC2)c1. The van der Waals surface area contributed by atoms with Crippen LogP contribution >= 0.6 is 0 Å². The van der Waals surface area contributed by atoms with Gasteiger partial charge in [0.2, 0.25) is 5.91 Å². The Bertz CT molecular complexity index is 1060. The number of pyridine rings is 1. The fraction of sp³-hybridized carbons (Fsp3) is 0.552. The Labute approximate surface area is 208 Å². The van der Waals surface area contributed by atoms with E-state index in [2.05, 4.69) is 29.6 Å². The Morgan fingerprint density at radius 1 is 1.11 bits per heavy atom. The van der Waals surface area contributed by atoms with Crippen LogP contribution in [-0.4, -0.2) is 46.5 Å². The molecule has 0 radical (unpaired) electrons. The van der Waals surface area contributed by atoms with E-state index in [0.717, 1.165) is 55.7 Å². The van der Waals surface area contributed by atoms with Crippen molar-refractivity contribution in [2.45, 2.75) is 76.0 Å². The van der Waals surface area contributed by atoms with E-state index in [1.165, 1.54) is 36.8 Å². The number of carboxylic acid groups (broad SMARTS) is 1. The van der Waals surface area contributed by atoms with Crippen LogP contribution in [0.15, 0.2) is 36.4 Å². The quantitative estimate of drug-likeness (QED) is 0.553. The van der Waals surface area contributed by atoms with E-state index in [4.69, 9.17) is 4.98 Å². The van der Waals surface area contributed by atoms with Gasteiger partial charge in [0.15, 0.2) is 0 Å². The topological polar surface area (TPSA) is 82.5 Å². The zero-order valence-corrected chi connectivity index (χ0v) is 20.5. The van der Waals surface area contributed by atoms with Crippen LogP contribution in [0.5, 0.6) is 0 Å². The molecule has 5 rings (SSSR count). The molecular formula is C29H37N3O3. The zero-order chi connectivity index (χ0) is 24.2. The third-order valence-corrected chi connectivity index (χ3v) is 8.17. The predicted molar refractivity (Wildman–Crippen MR) is 137 cm³/mol. The highest BCUT2D eigenvalue weighted by atomic mass is 16.4. The smallest absolute Gasteiger partial charge is 0.304 e. The molecule has 2 aliphatic heterocycles. The highest BCUT2D eigenvalue weighted by Gasteiger charge is 2.33. The first-order valence-electron chi connectivity index (χ1n) is 13.4. The summed E-state index contributed by atoms with van der Waals surface area (Å²) in [7, 11) is 0. The van der Waals surface area contributed by atoms with Gasteiger partial charge in [-0.1, -0.05) is 43.2 Å². The lowest BCUT2D eigenvalue weighted by Gasteiger charge is -2.24. The van der Waals surface area contributed by atoms with E-state index < -0.39 is 11.9 Å². The van der Waals surface area contributed by atoms with Gasteiger partial charge >= 0.3 is 5.97 Å². The second kappa shape index (κ2) is 10.8. The van der Waals surface area contributed by atoms with Crippen LogP contribution in [0.2, 0.25) is 0 Å². The number of nitrogens with zero attached hydrogens (tertiary/aromatic N) is 2. The Morgan fingerprint density at radius 2 is 1.97 bits per heavy atom. The van der Waals surface area contributed by atoms with Crippen LogP contribution in [-0.2, 0) is 22.4 Å². The van der Waals surface area contributed by atoms with Crippen molar-refractivity contribution in [3.63, 3.8) is 0 Å². The second-order valence-electron chi connectivity index (χ2n) is 10.6. The molecule has 1 saturated carbocycles. The number of hydrogen-bond acceptors (Lipinski definition) is 4. The Kier molecular flexibility index (Phi) is 7.35. The molecule has 0 spiro atoms. The monoisotopic (exact) mass is 475 g/mol. The molecule has 186 valence electrons. The van der Waals surface area contributed by atoms with Crippen molar-refractivity contribution in [2.75, 3.05) is 25.0 Å². The molecule has 1 saturated heterocycles. The number of fused-ring (bicyclic) bond motifs is 1. The number of likely N-dealkylation sites (tertiary alicyclic amines) is 1. The summed E-state index contributed by atoms with van der Waals surface area (Å²) in [5, 5.41) is 13.0. The van der Waals surface area contributed by atoms with Crippen LogP contribution in [0.3, 0.4) is 0 Å². The van der Waals surface area contributed by atoms with Gasteiger partial charge in [-0.2, -0.15) is 0 Å². The molecule has 3 heterocycles. The van der Waals surface area contributed by atoms with Crippen molar-refractivity contribution in [1.29, 1.82) is 0 Å². The molecule has 2 N–H and O–H groups in total. The molecule has 2 atom stereocenters. The first kappa shape index (κ1) is 23.8. The molecule has 1 aromatic heterocycles. The molecule has 1 aliphatic carbocycles. The third kappa shape index (κ3) is 5.68. The van der Waals surface area contributed by atoms with Gasteiger partial charge < -0.3 is 15.3 Å². The van der Waals surface area contributed by atoms with Crippen LogP contribution in [0.1, 0.15) is 85.6 Å². The summed E-state index contributed by atoms with van der Waals surface area (Å²) in [6.07, 6.45) is 9.84. The molecule has 35 heavy (non-hydrogen) atoms. The van der Waals surface area contributed by atoms with E-state index in [1.54, 1.807) is 0 Å². The number of carbonyl (C=O) groups is 2. The molecule has 6 nitrogen and oxygen atoms in total. The van der Waals surface area contributed by atoms with Gasteiger partial charge in [-0.05, 0) is 79.5 Å². The molecule has 1 amide bonds. The van der Waals surface area contributed by atoms with E-state index in [1.807, 2.05) is 17.0 Å². The Hall–Kier alpha value is -2.89. The third-order valence-electron chi connectivity index (χ3n) is 8.17. The van der Waals surface area contributed by atoms with Gasteiger partial charge in [-0.3, -0.25) is 9.59 Å². The average molecular weight is 476 g/mol. The zero-order valence-electron chi connectivity index (χ0n) is 20.5. The highest BCUT2D eigenvalue weighted by Crippen LogP contribution is 2.36. The summed E-state index contributed by atoms with van der Waals surface area (Å²) in [4.78, 5) is 31.9. The summed E-state index contributed by atoms with van der Waals surface area (Å²) < 4.78 is 0. The first-order chi connectivity index (χ1) is 17.1. The van der Waals surface area contributed by atoms with Crippen molar-refractivity contribution >= 4 is 17.7 Å². The van der Waals surface area contributed by atoms with Gasteiger partial charge in [0.1, 0.15) is 5.82 Å². The van der Waals surface area contributed by atoms with Crippen molar-refractivity contribution in [1.82, 2.24) is 9.88 Å². The molecule has 1 aromatic carbocycles. The van der Waals surface area contributed by atoms with Crippen molar-refractivity contribution in [3.8, 4) is 0 Å². The standard InChI is InChI=1S/C29H37N3O3/c33-27(34)18-26(24-8-3-7-23(17-24)21-5-1-2-6-21)29(35)32-16-14-20(19-32)10-12-25-13-11-22-9-4-15-30-28(22)31-25/h3,7-8,11,13,17,20-21,26H,1-2,4-6,9-10,12,14-16,18-19H2,(H,30,31)(H,33,34)/t20-,26+/m1/s1. The molecule has 0 unspecified atom stereocenters. The van der Waals surface area contributed by atoms with Crippen LogP contribution in [0.25, 0.3) is 0 Å². The number of carbonyl (C=O) groups excluding carboxylic acids is 1. The van der Waals surface area contributed by atoms with Crippen LogP contribution in [0.4, 0.5) is 5.82 Å². The fourth-order valence-electron chi connectivity index (χ4n) is 6.16. The minimum absolute atomic E-state index is 0.0328. The normalized spacial score (nSPS) is 20.9. The summed E-state index contributed by atoms with van der Waals surface area (Å²) in [6.45, 7) is 2.41. The van der Waals surface area contributed by atoms with E-state index in [-0.39, 0.29) is 12.3 Å². The van der Waals surface area contributed by atoms with Gasteiger partial charge in [-0.25, -0.2) is 4.98 Å². The van der Waals surface area contributed by atoms with E-state index in [9.17, 15) is 14.7 Å². The number of benzene rings is 1. The molecule has 2 aromatic rings. The molecule has 2 fully saturated rings. The lowest BCUT2D eigenvalue weighted by atomic mass is 9.89. The average Bonchev–Trinajstić information content (AvgIpc) is 3.58. The van der Waals surface area contributed by atoms with Crippen molar-refractivity contribution in [3.05, 3.63) is 58.8 Å². The number of anilines is 1. The first-order valence-corrected chi connectivity index (χ1v) is 13.4. The number of amides is 1. The summed E-state index contributed by atoms with van der Waals surface area (Å²) >= 11 is 0. The van der Waals surface area contributed by atoms with Crippen molar-refractivity contribution < 1.29 is 14.7 Å². The number of aliphatic carboxylic acids is 1.